The first-order valence-electron chi connectivity index (χ1n) is 10.5. The van der Waals surface area contributed by atoms with E-state index in [1.54, 1.807) is 24.3 Å². The lowest BCUT2D eigenvalue weighted by Crippen LogP contribution is -2.21. The smallest absolute Gasteiger partial charge is 0.338 e. The summed E-state index contributed by atoms with van der Waals surface area (Å²) in [6.07, 6.45) is 6.46. The molecular formula is C24H29NO4. The predicted molar refractivity (Wildman–Crippen MR) is 113 cm³/mol. The first kappa shape index (κ1) is 20.9. The molecule has 1 amide bonds. The van der Waals surface area contributed by atoms with E-state index in [4.69, 9.17) is 9.47 Å². The number of hydrogen-bond donors (Lipinski definition) is 1. The predicted octanol–water partition coefficient (Wildman–Crippen LogP) is 5.15. The van der Waals surface area contributed by atoms with Crippen LogP contribution >= 0.6 is 0 Å². The van der Waals surface area contributed by atoms with Crippen molar-refractivity contribution in [2.75, 3.05) is 11.9 Å². The van der Waals surface area contributed by atoms with Crippen LogP contribution in [0.4, 0.5) is 5.69 Å². The monoisotopic (exact) mass is 395 g/mol. The number of hydrogen-bond acceptors (Lipinski definition) is 4. The number of amides is 1. The summed E-state index contributed by atoms with van der Waals surface area (Å²) in [7, 11) is 0. The average molecular weight is 395 g/mol. The van der Waals surface area contributed by atoms with Crippen LogP contribution in [0.2, 0.25) is 0 Å². The number of nitrogens with one attached hydrogen (secondary N) is 1. The highest BCUT2D eigenvalue weighted by atomic mass is 16.5. The Balaban J connectivity index is 1.44. The molecule has 0 bridgehead atoms. The molecule has 0 saturated heterocycles. The fraction of sp³-hybridized carbons (Fsp3) is 0.417. The minimum absolute atomic E-state index is 0.0400. The summed E-state index contributed by atoms with van der Waals surface area (Å²) in [6.45, 7) is 2.59. The van der Waals surface area contributed by atoms with Gasteiger partial charge in [-0.1, -0.05) is 18.6 Å². The van der Waals surface area contributed by atoms with Crippen molar-refractivity contribution in [1.82, 2.24) is 0 Å². The highest BCUT2D eigenvalue weighted by Crippen LogP contribution is 2.22. The Bertz CT molecular complexity index is 793. The molecule has 2 aromatic rings. The lowest BCUT2D eigenvalue weighted by atomic mass is 9.98. The summed E-state index contributed by atoms with van der Waals surface area (Å²) in [4.78, 5) is 24.5. The molecule has 0 aliphatic heterocycles. The second-order valence-electron chi connectivity index (χ2n) is 7.37. The highest BCUT2D eigenvalue weighted by Gasteiger charge is 2.18. The van der Waals surface area contributed by atoms with Gasteiger partial charge in [-0.3, -0.25) is 4.79 Å². The van der Waals surface area contributed by atoms with Crippen LogP contribution in [0.5, 0.6) is 5.75 Å². The molecule has 1 aliphatic rings. The molecule has 1 fully saturated rings. The number of benzene rings is 2. The van der Waals surface area contributed by atoms with Gasteiger partial charge in [0.25, 0.3) is 0 Å². The highest BCUT2D eigenvalue weighted by molar-refractivity contribution is 5.93. The Hall–Kier alpha value is -2.82. The molecule has 0 unspecified atom stereocenters. The van der Waals surface area contributed by atoms with Crippen molar-refractivity contribution in [3.05, 3.63) is 59.7 Å². The molecule has 154 valence electrons. The maximum absolute atomic E-state index is 12.3. The van der Waals surface area contributed by atoms with Gasteiger partial charge in [-0.2, -0.15) is 0 Å². The maximum Gasteiger partial charge on any atom is 0.338 e. The van der Waals surface area contributed by atoms with E-state index in [0.29, 0.717) is 30.7 Å². The molecule has 1 saturated carbocycles. The van der Waals surface area contributed by atoms with Crippen molar-refractivity contribution in [3.8, 4) is 5.75 Å². The molecule has 0 radical (unpaired) electrons. The molecular weight excluding hydrogens is 366 g/mol. The molecule has 5 heteroatoms. The second kappa shape index (κ2) is 10.6. The molecule has 5 nitrogen and oxygen atoms in total. The van der Waals surface area contributed by atoms with Crippen LogP contribution in [-0.4, -0.2) is 24.6 Å². The van der Waals surface area contributed by atoms with Crippen molar-refractivity contribution in [1.29, 1.82) is 0 Å². The fourth-order valence-corrected chi connectivity index (χ4v) is 3.49. The van der Waals surface area contributed by atoms with E-state index in [1.807, 2.05) is 31.2 Å². The van der Waals surface area contributed by atoms with Crippen molar-refractivity contribution in [2.45, 2.75) is 58.0 Å². The van der Waals surface area contributed by atoms with Gasteiger partial charge in [0, 0.05) is 12.1 Å². The summed E-state index contributed by atoms with van der Waals surface area (Å²) < 4.78 is 11.0. The number of aryl methyl sites for hydroxylation is 1. The zero-order valence-corrected chi connectivity index (χ0v) is 17.0. The van der Waals surface area contributed by atoms with Gasteiger partial charge in [-0.05, 0) is 81.0 Å². The van der Waals surface area contributed by atoms with Crippen LogP contribution in [-0.2, 0) is 16.0 Å². The zero-order valence-electron chi connectivity index (χ0n) is 17.0. The normalized spacial score (nSPS) is 14.2. The van der Waals surface area contributed by atoms with Gasteiger partial charge in [0.1, 0.15) is 11.9 Å². The number of rotatable bonds is 8. The Morgan fingerprint density at radius 2 is 1.66 bits per heavy atom. The van der Waals surface area contributed by atoms with Crippen LogP contribution in [0.1, 0.15) is 61.4 Å². The number of ether oxygens (including phenoxy) is 2. The first-order chi connectivity index (χ1) is 14.1. The van der Waals surface area contributed by atoms with Crippen LogP contribution < -0.4 is 10.1 Å². The molecule has 0 aromatic heterocycles. The average Bonchev–Trinajstić information content (AvgIpc) is 2.75. The Morgan fingerprint density at radius 3 is 2.31 bits per heavy atom. The summed E-state index contributed by atoms with van der Waals surface area (Å²) >= 11 is 0. The topological polar surface area (TPSA) is 64.6 Å². The van der Waals surface area contributed by atoms with Gasteiger partial charge in [-0.25, -0.2) is 4.79 Å². The lowest BCUT2D eigenvalue weighted by molar-refractivity contribution is -0.116. The third kappa shape index (κ3) is 6.63. The van der Waals surface area contributed by atoms with Gasteiger partial charge >= 0.3 is 5.97 Å². The van der Waals surface area contributed by atoms with Gasteiger partial charge in [-0.15, -0.1) is 0 Å². The quantitative estimate of drug-likeness (QED) is 0.628. The maximum atomic E-state index is 12.3. The second-order valence-corrected chi connectivity index (χ2v) is 7.37. The summed E-state index contributed by atoms with van der Waals surface area (Å²) in [6, 6.07) is 14.7. The van der Waals surface area contributed by atoms with Crippen molar-refractivity contribution < 1.29 is 19.1 Å². The zero-order chi connectivity index (χ0) is 20.5. The van der Waals surface area contributed by atoms with Crippen molar-refractivity contribution >= 4 is 17.6 Å². The molecule has 1 aliphatic carbocycles. The third-order valence-electron chi connectivity index (χ3n) is 5.11. The number of carbonyl (C=O) groups is 2. The van der Waals surface area contributed by atoms with E-state index >= 15 is 0 Å². The molecule has 2 aromatic carbocycles. The molecule has 0 heterocycles. The Kier molecular flexibility index (Phi) is 7.68. The SMILES string of the molecule is CCOc1ccc(CCC(=O)Nc2ccc(C(=O)OC3CCCCC3)cc2)cc1. The largest absolute Gasteiger partial charge is 0.494 e. The van der Waals surface area contributed by atoms with Crippen LogP contribution in [0.3, 0.4) is 0 Å². The number of esters is 1. The van der Waals surface area contributed by atoms with Crippen LogP contribution in [0.15, 0.2) is 48.5 Å². The molecule has 29 heavy (non-hydrogen) atoms. The van der Waals surface area contributed by atoms with Crippen molar-refractivity contribution in [2.24, 2.45) is 0 Å². The number of carbonyl (C=O) groups excluding carboxylic acids is 2. The van der Waals surface area contributed by atoms with E-state index < -0.39 is 0 Å². The minimum Gasteiger partial charge on any atom is -0.494 e. The summed E-state index contributed by atoms with van der Waals surface area (Å²) in [5.41, 5.74) is 2.28. The van der Waals surface area contributed by atoms with E-state index in [1.165, 1.54) is 6.42 Å². The first-order valence-corrected chi connectivity index (χ1v) is 10.5. The standard InChI is InChI=1S/C24H29NO4/c1-2-28-21-15-8-18(9-16-21)10-17-23(26)25-20-13-11-19(12-14-20)24(27)29-22-6-4-3-5-7-22/h8-9,11-16,22H,2-7,10,17H2,1H3,(H,25,26). The summed E-state index contributed by atoms with van der Waals surface area (Å²) in [5, 5.41) is 2.88. The van der Waals surface area contributed by atoms with Crippen LogP contribution in [0.25, 0.3) is 0 Å². The van der Waals surface area contributed by atoms with E-state index in [-0.39, 0.29) is 18.0 Å². The lowest BCUT2D eigenvalue weighted by Gasteiger charge is -2.21. The van der Waals surface area contributed by atoms with E-state index in [9.17, 15) is 9.59 Å². The molecule has 0 spiro atoms. The summed E-state index contributed by atoms with van der Waals surface area (Å²) in [5.74, 6) is 0.490. The van der Waals surface area contributed by atoms with Gasteiger partial charge < -0.3 is 14.8 Å². The van der Waals surface area contributed by atoms with Crippen LogP contribution in [0, 0.1) is 0 Å². The third-order valence-corrected chi connectivity index (χ3v) is 5.11. The van der Waals surface area contributed by atoms with Gasteiger partial charge in [0.15, 0.2) is 0 Å². The van der Waals surface area contributed by atoms with Gasteiger partial charge in [0.2, 0.25) is 5.91 Å². The Morgan fingerprint density at radius 1 is 0.966 bits per heavy atom. The van der Waals surface area contributed by atoms with E-state index in [2.05, 4.69) is 5.32 Å². The molecule has 3 rings (SSSR count). The fourth-order valence-electron chi connectivity index (χ4n) is 3.49. The van der Waals surface area contributed by atoms with E-state index in [0.717, 1.165) is 37.0 Å². The van der Waals surface area contributed by atoms with Gasteiger partial charge in [0.05, 0.1) is 12.2 Å². The number of anilines is 1. The minimum atomic E-state index is -0.287. The van der Waals surface area contributed by atoms with Crippen molar-refractivity contribution in [3.63, 3.8) is 0 Å². The molecule has 1 N–H and O–H groups in total. The molecule has 0 atom stereocenters. The Labute approximate surface area is 172 Å².